The Kier molecular flexibility index (Phi) is 6.44. The summed E-state index contributed by atoms with van der Waals surface area (Å²) in [6.07, 6.45) is -1.26. The molecule has 8 heteroatoms. The Hall–Kier alpha value is -3.03. The number of ether oxygens (including phenoxy) is 3. The molecule has 0 saturated carbocycles. The van der Waals surface area contributed by atoms with Crippen LogP contribution in [0.15, 0.2) is 41.6 Å². The normalized spacial score (nSPS) is 13.3. The maximum Gasteiger partial charge on any atom is 0.412 e. The molecule has 0 atom stereocenters. The Balaban J connectivity index is 1.95. The van der Waals surface area contributed by atoms with E-state index in [4.69, 9.17) is 14.2 Å². The lowest BCUT2D eigenvalue weighted by molar-refractivity contribution is -0.136. The number of carbonyl (C=O) groups excluding carboxylic acids is 3. The number of rotatable bonds is 4. The number of hydrogen-bond donors (Lipinski definition) is 1. The zero-order chi connectivity index (χ0) is 20.0. The fourth-order valence-electron chi connectivity index (χ4n) is 2.28. The number of benzene rings is 1. The molecule has 1 aromatic carbocycles. The number of nitrogens with one attached hydrogen (secondary N) is 1. The average Bonchev–Trinajstić information content (AvgIpc) is 2.56. The summed E-state index contributed by atoms with van der Waals surface area (Å²) in [7, 11) is 1.21. The number of alkyl carbamates (subject to hydrolysis) is 1. The highest BCUT2D eigenvalue weighted by Crippen LogP contribution is 2.21. The quantitative estimate of drug-likeness (QED) is 0.493. The summed E-state index contributed by atoms with van der Waals surface area (Å²) in [5.74, 6) is -0.703. The molecule has 0 bridgehead atoms. The summed E-state index contributed by atoms with van der Waals surface area (Å²) in [5, 5.41) is 2.41. The van der Waals surface area contributed by atoms with Crippen molar-refractivity contribution in [2.45, 2.75) is 33.0 Å². The van der Waals surface area contributed by atoms with Gasteiger partial charge in [-0.05, 0) is 31.9 Å². The highest BCUT2D eigenvalue weighted by molar-refractivity contribution is 5.93. The van der Waals surface area contributed by atoms with Crippen LogP contribution < -0.4 is 5.32 Å². The van der Waals surface area contributed by atoms with Gasteiger partial charge in [0.15, 0.2) is 0 Å². The molecule has 1 aliphatic heterocycles. The first-order valence-corrected chi connectivity index (χ1v) is 8.45. The van der Waals surface area contributed by atoms with Gasteiger partial charge in [-0.1, -0.05) is 30.3 Å². The van der Waals surface area contributed by atoms with Crippen LogP contribution in [0.25, 0.3) is 0 Å². The molecule has 0 unspecified atom stereocenters. The van der Waals surface area contributed by atoms with Crippen LogP contribution in [0, 0.1) is 0 Å². The summed E-state index contributed by atoms with van der Waals surface area (Å²) >= 11 is 0. The summed E-state index contributed by atoms with van der Waals surface area (Å²) in [5.41, 5.74) is 0.751. The highest BCUT2D eigenvalue weighted by Gasteiger charge is 2.34. The van der Waals surface area contributed by atoms with E-state index in [9.17, 15) is 14.4 Å². The van der Waals surface area contributed by atoms with Crippen molar-refractivity contribution in [3.8, 4) is 0 Å². The van der Waals surface area contributed by atoms with Crippen LogP contribution >= 0.6 is 0 Å². The van der Waals surface area contributed by atoms with Crippen LogP contribution in [-0.4, -0.2) is 48.9 Å². The molecule has 1 fully saturated rings. The molecule has 27 heavy (non-hydrogen) atoms. The van der Waals surface area contributed by atoms with Crippen molar-refractivity contribution in [3.05, 3.63) is 47.2 Å². The Labute approximate surface area is 158 Å². The van der Waals surface area contributed by atoms with Gasteiger partial charge in [-0.25, -0.2) is 14.4 Å². The van der Waals surface area contributed by atoms with Crippen LogP contribution in [-0.2, 0) is 25.6 Å². The van der Waals surface area contributed by atoms with Gasteiger partial charge in [0.25, 0.3) is 0 Å². The predicted molar refractivity (Wildman–Crippen MR) is 96.6 cm³/mol. The van der Waals surface area contributed by atoms with Gasteiger partial charge in [0.05, 0.1) is 7.11 Å². The Morgan fingerprint density at radius 2 is 1.74 bits per heavy atom. The second-order valence-electron chi connectivity index (χ2n) is 6.99. The van der Waals surface area contributed by atoms with Crippen molar-refractivity contribution in [1.82, 2.24) is 10.2 Å². The first-order chi connectivity index (χ1) is 12.7. The van der Waals surface area contributed by atoms with Crippen molar-refractivity contribution in [3.63, 3.8) is 0 Å². The molecule has 0 aromatic heterocycles. The second kappa shape index (κ2) is 8.57. The largest absolute Gasteiger partial charge is 0.464 e. The minimum Gasteiger partial charge on any atom is -0.464 e. The number of methoxy groups -OCH3 is 1. The molecule has 0 radical (unpaired) electrons. The number of esters is 1. The lowest BCUT2D eigenvalue weighted by Gasteiger charge is -2.36. The third-order valence-electron chi connectivity index (χ3n) is 3.60. The smallest absolute Gasteiger partial charge is 0.412 e. The van der Waals surface area contributed by atoms with Crippen molar-refractivity contribution >= 4 is 18.2 Å². The number of likely N-dealkylation sites (tertiary alicyclic amines) is 1. The minimum absolute atomic E-state index is 0.0182. The first-order valence-electron chi connectivity index (χ1n) is 8.45. The molecular formula is C19H24N2O6. The number of carbonyl (C=O) groups is 3. The van der Waals surface area contributed by atoms with Crippen LogP contribution in [0.1, 0.15) is 26.3 Å². The molecule has 2 amide bonds. The first kappa shape index (κ1) is 20.3. The maximum atomic E-state index is 12.0. The van der Waals surface area contributed by atoms with Crippen LogP contribution in [0.2, 0.25) is 0 Å². The third kappa shape index (κ3) is 6.02. The van der Waals surface area contributed by atoms with E-state index < -0.39 is 23.8 Å². The fourth-order valence-corrected chi connectivity index (χ4v) is 2.28. The maximum absolute atomic E-state index is 12.0. The molecule has 1 saturated heterocycles. The van der Waals surface area contributed by atoms with Gasteiger partial charge in [0, 0.05) is 13.1 Å². The molecule has 1 heterocycles. The van der Waals surface area contributed by atoms with Crippen molar-refractivity contribution in [2.24, 2.45) is 0 Å². The molecule has 146 valence electrons. The number of amides is 2. The van der Waals surface area contributed by atoms with Gasteiger partial charge in [-0.15, -0.1) is 0 Å². The summed E-state index contributed by atoms with van der Waals surface area (Å²) < 4.78 is 15.1. The topological polar surface area (TPSA) is 94.2 Å². The minimum atomic E-state index is -0.775. The average molecular weight is 376 g/mol. The van der Waals surface area contributed by atoms with E-state index in [1.54, 1.807) is 20.8 Å². The molecule has 0 aliphatic carbocycles. The fraction of sp³-hybridized carbons (Fsp3) is 0.421. The number of hydrogen-bond acceptors (Lipinski definition) is 6. The van der Waals surface area contributed by atoms with Crippen molar-refractivity contribution < 1.29 is 28.6 Å². The van der Waals surface area contributed by atoms with E-state index in [-0.39, 0.29) is 25.4 Å². The second-order valence-corrected chi connectivity index (χ2v) is 6.99. The lowest BCUT2D eigenvalue weighted by Crippen LogP contribution is -2.49. The Morgan fingerprint density at radius 1 is 1.11 bits per heavy atom. The molecule has 0 spiro atoms. The summed E-state index contributed by atoms with van der Waals surface area (Å²) in [6.45, 7) is 5.71. The van der Waals surface area contributed by atoms with Gasteiger partial charge >= 0.3 is 18.2 Å². The van der Waals surface area contributed by atoms with E-state index in [0.717, 1.165) is 5.56 Å². The summed E-state index contributed by atoms with van der Waals surface area (Å²) in [4.78, 5) is 37.4. The van der Waals surface area contributed by atoms with Crippen molar-refractivity contribution in [1.29, 1.82) is 0 Å². The lowest BCUT2D eigenvalue weighted by atomic mass is 10.1. The standard InChI is InChI=1S/C19H24N2O6/c1-19(2,3)27-18(24)21-10-14(11-21)15(16(22)25-4)20-17(23)26-12-13-8-6-5-7-9-13/h5-9H,10-12H2,1-4H3,(H,20,23). The Bertz CT molecular complexity index is 728. The molecule has 8 nitrogen and oxygen atoms in total. The zero-order valence-corrected chi connectivity index (χ0v) is 15.9. The third-order valence-corrected chi connectivity index (χ3v) is 3.60. The molecule has 1 aliphatic rings. The molecule has 1 N–H and O–H groups in total. The molecule has 2 rings (SSSR count). The van der Waals surface area contributed by atoms with Gasteiger partial charge < -0.3 is 14.2 Å². The van der Waals surface area contributed by atoms with E-state index in [0.29, 0.717) is 5.57 Å². The van der Waals surface area contributed by atoms with Crippen LogP contribution in [0.5, 0.6) is 0 Å². The predicted octanol–water partition coefficient (Wildman–Crippen LogP) is 2.59. The highest BCUT2D eigenvalue weighted by atomic mass is 16.6. The van der Waals surface area contributed by atoms with E-state index in [1.807, 2.05) is 30.3 Å². The number of nitrogens with zero attached hydrogens (tertiary/aromatic N) is 1. The zero-order valence-electron chi connectivity index (χ0n) is 15.9. The Morgan fingerprint density at radius 3 is 2.30 bits per heavy atom. The van der Waals surface area contributed by atoms with E-state index in [1.165, 1.54) is 12.0 Å². The summed E-state index contributed by atoms with van der Waals surface area (Å²) in [6, 6.07) is 9.15. The van der Waals surface area contributed by atoms with Gasteiger partial charge in [-0.2, -0.15) is 0 Å². The van der Waals surface area contributed by atoms with Crippen LogP contribution in [0.3, 0.4) is 0 Å². The van der Waals surface area contributed by atoms with Gasteiger partial charge in [0.1, 0.15) is 17.9 Å². The monoisotopic (exact) mass is 376 g/mol. The van der Waals surface area contributed by atoms with E-state index >= 15 is 0 Å². The molecule has 1 aromatic rings. The SMILES string of the molecule is COC(=O)C(NC(=O)OCc1ccccc1)=C1CN(C(=O)OC(C)(C)C)C1. The van der Waals surface area contributed by atoms with Gasteiger partial charge in [-0.3, -0.25) is 10.2 Å². The van der Waals surface area contributed by atoms with Crippen molar-refractivity contribution in [2.75, 3.05) is 20.2 Å². The van der Waals surface area contributed by atoms with E-state index in [2.05, 4.69) is 5.32 Å². The van der Waals surface area contributed by atoms with Gasteiger partial charge in [0.2, 0.25) is 0 Å². The van der Waals surface area contributed by atoms with Crippen LogP contribution in [0.4, 0.5) is 9.59 Å². The molecular weight excluding hydrogens is 352 g/mol.